The van der Waals surface area contributed by atoms with Crippen LogP contribution in [-0.2, 0) is 4.74 Å². The van der Waals surface area contributed by atoms with Crippen LogP contribution in [0.15, 0.2) is 0 Å². The van der Waals surface area contributed by atoms with Gasteiger partial charge in [-0.25, -0.2) is 0 Å². The normalized spacial score (nSPS) is 23.4. The van der Waals surface area contributed by atoms with Gasteiger partial charge in [0, 0.05) is 29.8 Å². The molecule has 1 aliphatic heterocycles. The predicted molar refractivity (Wildman–Crippen MR) is 64.0 cm³/mol. The van der Waals surface area contributed by atoms with Crippen LogP contribution in [0.2, 0.25) is 0 Å². The van der Waals surface area contributed by atoms with E-state index in [2.05, 4.69) is 37.8 Å². The van der Waals surface area contributed by atoms with E-state index < -0.39 is 0 Å². The molecule has 1 saturated heterocycles. The molecule has 1 aliphatic rings. The molecule has 3 heteroatoms. The molecular formula is C11H23NOS. The van der Waals surface area contributed by atoms with Crippen molar-refractivity contribution in [2.45, 2.75) is 50.2 Å². The van der Waals surface area contributed by atoms with Crippen molar-refractivity contribution in [2.24, 2.45) is 0 Å². The summed E-state index contributed by atoms with van der Waals surface area (Å²) in [7, 11) is 0. The zero-order valence-electron chi connectivity index (χ0n) is 9.58. The van der Waals surface area contributed by atoms with E-state index in [-0.39, 0.29) is 0 Å². The van der Waals surface area contributed by atoms with Crippen molar-refractivity contribution in [3.63, 3.8) is 0 Å². The van der Waals surface area contributed by atoms with E-state index in [0.717, 1.165) is 25.0 Å². The van der Waals surface area contributed by atoms with Crippen molar-refractivity contribution in [1.29, 1.82) is 0 Å². The van der Waals surface area contributed by atoms with Crippen molar-refractivity contribution >= 4 is 11.8 Å². The number of ether oxygens (including phenoxy) is 1. The van der Waals surface area contributed by atoms with Gasteiger partial charge in [-0.05, 0) is 26.3 Å². The highest BCUT2D eigenvalue weighted by atomic mass is 32.2. The highest BCUT2D eigenvalue weighted by Crippen LogP contribution is 2.27. The van der Waals surface area contributed by atoms with Crippen LogP contribution in [-0.4, -0.2) is 36.3 Å². The fourth-order valence-corrected chi connectivity index (χ4v) is 3.13. The Bertz CT molecular complexity index is 148. The molecule has 0 amide bonds. The molecule has 0 aliphatic carbocycles. The summed E-state index contributed by atoms with van der Waals surface area (Å²) >= 11 is 2.13. The molecular weight excluding hydrogens is 194 g/mol. The minimum atomic E-state index is 0.618. The first-order valence-corrected chi connectivity index (χ1v) is 6.65. The van der Waals surface area contributed by atoms with Gasteiger partial charge < -0.3 is 10.1 Å². The zero-order chi connectivity index (χ0) is 10.4. The monoisotopic (exact) mass is 217 g/mol. The van der Waals surface area contributed by atoms with Gasteiger partial charge in [0.15, 0.2) is 0 Å². The van der Waals surface area contributed by atoms with Gasteiger partial charge in [0.2, 0.25) is 0 Å². The lowest BCUT2D eigenvalue weighted by molar-refractivity contribution is 0.0999. The van der Waals surface area contributed by atoms with Crippen LogP contribution in [0.5, 0.6) is 0 Å². The van der Waals surface area contributed by atoms with Gasteiger partial charge in [0.05, 0.1) is 0 Å². The maximum Gasteiger partial charge on any atom is 0.0476 e. The second-order valence-electron chi connectivity index (χ2n) is 4.00. The van der Waals surface area contributed by atoms with Crippen LogP contribution in [0.4, 0.5) is 0 Å². The highest BCUT2D eigenvalue weighted by Gasteiger charge is 2.20. The maximum atomic E-state index is 5.36. The molecule has 0 aromatic heterocycles. The Hall–Kier alpha value is 0.270. The summed E-state index contributed by atoms with van der Waals surface area (Å²) in [6, 6.07) is 0.618. The van der Waals surface area contributed by atoms with E-state index >= 15 is 0 Å². The highest BCUT2D eigenvalue weighted by molar-refractivity contribution is 8.00. The average molecular weight is 217 g/mol. The Morgan fingerprint density at radius 3 is 2.57 bits per heavy atom. The summed E-state index contributed by atoms with van der Waals surface area (Å²) in [4.78, 5) is 0. The van der Waals surface area contributed by atoms with Gasteiger partial charge >= 0.3 is 0 Å². The van der Waals surface area contributed by atoms with Gasteiger partial charge in [0.1, 0.15) is 0 Å². The smallest absolute Gasteiger partial charge is 0.0476 e. The fraction of sp³-hybridized carbons (Fsp3) is 1.00. The number of nitrogens with one attached hydrogen (secondary N) is 1. The Morgan fingerprint density at radius 1 is 1.36 bits per heavy atom. The van der Waals surface area contributed by atoms with E-state index in [1.54, 1.807) is 0 Å². The van der Waals surface area contributed by atoms with Gasteiger partial charge in [-0.15, -0.1) is 0 Å². The van der Waals surface area contributed by atoms with Gasteiger partial charge in [-0.1, -0.05) is 13.8 Å². The van der Waals surface area contributed by atoms with Crippen molar-refractivity contribution in [3.05, 3.63) is 0 Å². The van der Waals surface area contributed by atoms with Crippen molar-refractivity contribution < 1.29 is 4.74 Å². The molecule has 2 nitrogen and oxygen atoms in total. The quantitative estimate of drug-likeness (QED) is 0.763. The third kappa shape index (κ3) is 4.20. The van der Waals surface area contributed by atoms with E-state index in [0.29, 0.717) is 11.3 Å². The number of thioether (sulfide) groups is 1. The van der Waals surface area contributed by atoms with Crippen molar-refractivity contribution in [3.8, 4) is 0 Å². The molecule has 0 radical (unpaired) electrons. The topological polar surface area (TPSA) is 21.3 Å². The fourth-order valence-electron chi connectivity index (χ4n) is 1.72. The molecule has 1 fully saturated rings. The summed E-state index contributed by atoms with van der Waals surface area (Å²) in [5, 5.41) is 5.01. The first kappa shape index (κ1) is 12.3. The molecule has 1 heterocycles. The maximum absolute atomic E-state index is 5.36. The minimum Gasteiger partial charge on any atom is -0.381 e. The standard InChI is InChI=1S/C11H23NOS/c1-4-12-9(2)10(3)14-11-5-7-13-8-6-11/h9-12H,4-8H2,1-3H3. The van der Waals surface area contributed by atoms with Crippen LogP contribution in [0.25, 0.3) is 0 Å². The van der Waals surface area contributed by atoms with Gasteiger partial charge in [-0.3, -0.25) is 0 Å². The molecule has 1 rings (SSSR count). The van der Waals surface area contributed by atoms with Crippen LogP contribution < -0.4 is 5.32 Å². The Kier molecular flexibility index (Phi) is 5.90. The average Bonchev–Trinajstić information content (AvgIpc) is 2.19. The largest absolute Gasteiger partial charge is 0.381 e. The van der Waals surface area contributed by atoms with E-state index in [9.17, 15) is 0 Å². The number of hydrogen-bond acceptors (Lipinski definition) is 3. The molecule has 0 spiro atoms. The lowest BCUT2D eigenvalue weighted by Gasteiger charge is -2.27. The Balaban J connectivity index is 2.20. The summed E-state index contributed by atoms with van der Waals surface area (Å²) in [5.41, 5.74) is 0. The molecule has 0 aromatic rings. The van der Waals surface area contributed by atoms with Crippen LogP contribution >= 0.6 is 11.8 Å². The SMILES string of the molecule is CCNC(C)C(C)SC1CCOCC1. The third-order valence-corrected chi connectivity index (χ3v) is 4.50. The molecule has 1 N–H and O–H groups in total. The van der Waals surface area contributed by atoms with E-state index in [4.69, 9.17) is 4.74 Å². The van der Waals surface area contributed by atoms with Crippen LogP contribution in [0.3, 0.4) is 0 Å². The molecule has 2 atom stereocenters. The molecule has 84 valence electrons. The molecule has 0 bridgehead atoms. The first-order valence-electron chi connectivity index (χ1n) is 5.70. The molecule has 14 heavy (non-hydrogen) atoms. The number of rotatable bonds is 5. The van der Waals surface area contributed by atoms with Gasteiger partial charge in [-0.2, -0.15) is 11.8 Å². The lowest BCUT2D eigenvalue weighted by atomic mass is 10.2. The van der Waals surface area contributed by atoms with E-state index in [1.807, 2.05) is 0 Å². The Morgan fingerprint density at radius 2 is 2.00 bits per heavy atom. The van der Waals surface area contributed by atoms with Crippen molar-refractivity contribution in [1.82, 2.24) is 5.32 Å². The lowest BCUT2D eigenvalue weighted by Crippen LogP contribution is -2.35. The van der Waals surface area contributed by atoms with E-state index in [1.165, 1.54) is 12.8 Å². The summed E-state index contributed by atoms with van der Waals surface area (Å²) < 4.78 is 5.36. The Labute approximate surface area is 92.2 Å². The molecule has 0 aromatic carbocycles. The minimum absolute atomic E-state index is 0.618. The second kappa shape index (κ2) is 6.70. The molecule has 2 unspecified atom stereocenters. The molecule has 0 saturated carbocycles. The first-order chi connectivity index (χ1) is 6.74. The number of hydrogen-bond donors (Lipinski definition) is 1. The zero-order valence-corrected chi connectivity index (χ0v) is 10.4. The summed E-state index contributed by atoms with van der Waals surface area (Å²) in [5.74, 6) is 0. The second-order valence-corrected chi connectivity index (χ2v) is 5.68. The summed E-state index contributed by atoms with van der Waals surface area (Å²) in [6.45, 7) is 9.76. The summed E-state index contributed by atoms with van der Waals surface area (Å²) in [6.07, 6.45) is 2.46. The third-order valence-electron chi connectivity index (χ3n) is 2.81. The van der Waals surface area contributed by atoms with Gasteiger partial charge in [0.25, 0.3) is 0 Å². The van der Waals surface area contributed by atoms with Crippen LogP contribution in [0, 0.1) is 0 Å². The predicted octanol–water partition coefficient (Wildman–Crippen LogP) is 2.29. The van der Waals surface area contributed by atoms with Crippen molar-refractivity contribution in [2.75, 3.05) is 19.8 Å². The van der Waals surface area contributed by atoms with Crippen LogP contribution in [0.1, 0.15) is 33.6 Å².